The normalized spacial score (nSPS) is 15.0. The Kier molecular flexibility index (Phi) is 5.06. The molecule has 1 N–H and O–H groups in total. The standard InChI is InChI=1S/C20H17F3N4O2/c21-16-6-3-14(7-17(16)22)10-27-24-9-18(26-27)25-19(28)8-13-1-4-15(5-2-13)20(23)11-29-12-20/h1-7,9H,8,10-12H2,(H,25,26,28). The number of ether oxygens (including phenoxy) is 1. The second-order valence-corrected chi connectivity index (χ2v) is 6.89. The summed E-state index contributed by atoms with van der Waals surface area (Å²) in [6, 6.07) is 10.2. The molecule has 0 saturated carbocycles. The lowest BCUT2D eigenvalue weighted by Crippen LogP contribution is -2.42. The molecular weight excluding hydrogens is 385 g/mol. The Bertz CT molecular complexity index is 1030. The fourth-order valence-corrected chi connectivity index (χ4v) is 2.97. The topological polar surface area (TPSA) is 69.0 Å². The van der Waals surface area contributed by atoms with E-state index in [9.17, 15) is 18.0 Å². The van der Waals surface area contributed by atoms with E-state index in [1.54, 1.807) is 24.3 Å². The summed E-state index contributed by atoms with van der Waals surface area (Å²) in [5, 5.41) is 10.7. The van der Waals surface area contributed by atoms with E-state index in [1.807, 2.05) is 0 Å². The van der Waals surface area contributed by atoms with Gasteiger partial charge in [0.2, 0.25) is 5.91 Å². The summed E-state index contributed by atoms with van der Waals surface area (Å²) >= 11 is 0. The van der Waals surface area contributed by atoms with Gasteiger partial charge < -0.3 is 10.1 Å². The summed E-state index contributed by atoms with van der Waals surface area (Å²) in [6.07, 6.45) is 1.45. The highest BCUT2D eigenvalue weighted by atomic mass is 19.2. The molecule has 150 valence electrons. The molecule has 1 amide bonds. The number of benzene rings is 2. The molecule has 0 aliphatic carbocycles. The summed E-state index contributed by atoms with van der Waals surface area (Å²) in [5.74, 6) is -1.94. The molecule has 2 aromatic carbocycles. The number of alkyl halides is 1. The summed E-state index contributed by atoms with van der Waals surface area (Å²) < 4.78 is 45.4. The van der Waals surface area contributed by atoms with E-state index < -0.39 is 17.3 Å². The molecule has 0 bridgehead atoms. The van der Waals surface area contributed by atoms with Crippen LogP contribution in [-0.2, 0) is 28.2 Å². The first-order chi connectivity index (χ1) is 13.9. The summed E-state index contributed by atoms with van der Waals surface area (Å²) in [6.45, 7) is 0.226. The number of nitrogens with zero attached hydrogens (tertiary/aromatic N) is 3. The minimum absolute atomic E-state index is 0.0487. The Labute approximate surface area is 164 Å². The van der Waals surface area contributed by atoms with Gasteiger partial charge in [0.15, 0.2) is 23.1 Å². The van der Waals surface area contributed by atoms with Gasteiger partial charge in [-0.15, -0.1) is 5.10 Å². The molecule has 0 spiro atoms. The van der Waals surface area contributed by atoms with Crippen molar-refractivity contribution >= 4 is 11.7 Å². The van der Waals surface area contributed by atoms with Crippen molar-refractivity contribution in [2.45, 2.75) is 18.6 Å². The first-order valence-corrected chi connectivity index (χ1v) is 8.91. The van der Waals surface area contributed by atoms with Crippen molar-refractivity contribution in [3.63, 3.8) is 0 Å². The van der Waals surface area contributed by atoms with Crippen molar-refractivity contribution in [3.8, 4) is 0 Å². The van der Waals surface area contributed by atoms with Crippen molar-refractivity contribution in [3.05, 3.63) is 77.0 Å². The van der Waals surface area contributed by atoms with Crippen molar-refractivity contribution < 1.29 is 22.7 Å². The molecule has 1 aliphatic rings. The second-order valence-electron chi connectivity index (χ2n) is 6.89. The van der Waals surface area contributed by atoms with Crippen molar-refractivity contribution in [2.24, 2.45) is 0 Å². The third kappa shape index (κ3) is 4.29. The Morgan fingerprint density at radius 2 is 1.83 bits per heavy atom. The van der Waals surface area contributed by atoms with Gasteiger partial charge in [-0.05, 0) is 28.8 Å². The van der Waals surface area contributed by atoms with Crippen LogP contribution >= 0.6 is 0 Å². The lowest BCUT2D eigenvalue weighted by molar-refractivity contribution is -0.135. The predicted molar refractivity (Wildman–Crippen MR) is 97.9 cm³/mol. The summed E-state index contributed by atoms with van der Waals surface area (Å²) in [7, 11) is 0. The highest BCUT2D eigenvalue weighted by Gasteiger charge is 2.40. The van der Waals surface area contributed by atoms with Gasteiger partial charge in [0.25, 0.3) is 0 Å². The number of hydrogen-bond donors (Lipinski definition) is 1. The van der Waals surface area contributed by atoms with Crippen LogP contribution in [0.25, 0.3) is 0 Å². The van der Waals surface area contributed by atoms with Crippen LogP contribution in [-0.4, -0.2) is 34.1 Å². The molecule has 1 aliphatic heterocycles. The molecule has 3 aromatic rings. The summed E-state index contributed by atoms with van der Waals surface area (Å²) in [5.41, 5.74) is 0.310. The van der Waals surface area contributed by atoms with Crippen LogP contribution in [0.2, 0.25) is 0 Å². The van der Waals surface area contributed by atoms with E-state index in [4.69, 9.17) is 4.74 Å². The lowest BCUT2D eigenvalue weighted by atomic mass is 9.93. The Morgan fingerprint density at radius 3 is 2.48 bits per heavy atom. The van der Waals surface area contributed by atoms with E-state index >= 15 is 0 Å². The number of rotatable bonds is 6. The molecule has 0 radical (unpaired) electrons. The molecular formula is C20H17F3N4O2. The zero-order valence-corrected chi connectivity index (χ0v) is 15.2. The molecule has 4 rings (SSSR count). The Hall–Kier alpha value is -3.20. The SMILES string of the molecule is O=C(Cc1ccc(C2(F)COC2)cc1)Nc1cnn(Cc2ccc(F)c(F)c2)n1. The number of nitrogens with one attached hydrogen (secondary N) is 1. The highest BCUT2D eigenvalue weighted by Crippen LogP contribution is 2.33. The van der Waals surface area contributed by atoms with Crippen molar-refractivity contribution in [2.75, 3.05) is 18.5 Å². The zero-order chi connectivity index (χ0) is 20.4. The van der Waals surface area contributed by atoms with Crippen LogP contribution in [0.4, 0.5) is 19.0 Å². The maximum Gasteiger partial charge on any atom is 0.230 e. The molecule has 1 fully saturated rings. The minimum atomic E-state index is -1.44. The molecule has 1 saturated heterocycles. The molecule has 29 heavy (non-hydrogen) atoms. The van der Waals surface area contributed by atoms with E-state index in [2.05, 4.69) is 15.5 Å². The van der Waals surface area contributed by atoms with E-state index in [1.165, 1.54) is 17.1 Å². The van der Waals surface area contributed by atoms with E-state index in [0.29, 0.717) is 11.1 Å². The van der Waals surface area contributed by atoms with Gasteiger partial charge >= 0.3 is 0 Å². The number of amides is 1. The Morgan fingerprint density at radius 1 is 1.10 bits per heavy atom. The lowest BCUT2D eigenvalue weighted by Gasteiger charge is -2.34. The Balaban J connectivity index is 1.33. The minimum Gasteiger partial charge on any atom is -0.374 e. The average Bonchev–Trinajstić information content (AvgIpc) is 3.10. The number of carbonyl (C=O) groups is 1. The van der Waals surface area contributed by atoms with Gasteiger partial charge in [-0.2, -0.15) is 9.90 Å². The van der Waals surface area contributed by atoms with Crippen molar-refractivity contribution in [1.82, 2.24) is 15.0 Å². The van der Waals surface area contributed by atoms with Crippen molar-refractivity contribution in [1.29, 1.82) is 0 Å². The molecule has 0 unspecified atom stereocenters. The second kappa shape index (κ2) is 7.67. The predicted octanol–water partition coefficient (Wildman–Crippen LogP) is 2.98. The van der Waals surface area contributed by atoms with Crippen LogP contribution in [0.3, 0.4) is 0 Å². The van der Waals surface area contributed by atoms with E-state index in [-0.39, 0.29) is 37.9 Å². The fourth-order valence-electron chi connectivity index (χ4n) is 2.97. The van der Waals surface area contributed by atoms with Gasteiger partial charge in [0.1, 0.15) is 0 Å². The maximum absolute atomic E-state index is 14.3. The molecule has 2 heterocycles. The smallest absolute Gasteiger partial charge is 0.230 e. The zero-order valence-electron chi connectivity index (χ0n) is 15.2. The maximum atomic E-state index is 14.3. The largest absolute Gasteiger partial charge is 0.374 e. The van der Waals surface area contributed by atoms with Gasteiger partial charge in [0.05, 0.1) is 32.4 Å². The molecule has 6 nitrogen and oxygen atoms in total. The van der Waals surface area contributed by atoms with Gasteiger partial charge in [-0.25, -0.2) is 13.2 Å². The van der Waals surface area contributed by atoms with Crippen LogP contribution in [0, 0.1) is 11.6 Å². The number of aromatic nitrogens is 3. The van der Waals surface area contributed by atoms with Crippen LogP contribution < -0.4 is 5.32 Å². The average molecular weight is 402 g/mol. The number of carbonyl (C=O) groups excluding carboxylic acids is 1. The number of halogens is 3. The third-order valence-corrected chi connectivity index (χ3v) is 4.61. The van der Waals surface area contributed by atoms with Crippen LogP contribution in [0.1, 0.15) is 16.7 Å². The number of anilines is 1. The first kappa shape index (κ1) is 19.1. The van der Waals surface area contributed by atoms with Crippen LogP contribution in [0.5, 0.6) is 0 Å². The quantitative estimate of drug-likeness (QED) is 0.688. The van der Waals surface area contributed by atoms with Gasteiger partial charge in [0, 0.05) is 0 Å². The van der Waals surface area contributed by atoms with E-state index in [0.717, 1.165) is 17.7 Å². The highest BCUT2D eigenvalue weighted by molar-refractivity contribution is 5.91. The fraction of sp³-hybridized carbons (Fsp3) is 0.250. The molecule has 0 atom stereocenters. The van der Waals surface area contributed by atoms with Gasteiger partial charge in [-0.1, -0.05) is 30.3 Å². The molecule has 9 heteroatoms. The molecule has 1 aromatic heterocycles. The number of hydrogen-bond acceptors (Lipinski definition) is 4. The van der Waals surface area contributed by atoms with Crippen LogP contribution in [0.15, 0.2) is 48.7 Å². The third-order valence-electron chi connectivity index (χ3n) is 4.61. The summed E-state index contributed by atoms with van der Waals surface area (Å²) in [4.78, 5) is 13.5. The monoisotopic (exact) mass is 402 g/mol. The first-order valence-electron chi connectivity index (χ1n) is 8.91. The van der Waals surface area contributed by atoms with Gasteiger partial charge in [-0.3, -0.25) is 4.79 Å².